The van der Waals surface area contributed by atoms with Gasteiger partial charge in [0.1, 0.15) is 0 Å². The molecule has 1 aromatic carbocycles. The molecule has 2 rings (SSSR count). The third kappa shape index (κ3) is 5.99. The maximum Gasteiger partial charge on any atom is 0.306 e. The normalized spacial score (nSPS) is 15.5. The number of nitrogens with zero attached hydrogens (tertiary/aromatic N) is 1. The first kappa shape index (κ1) is 18.5. The quantitative estimate of drug-likeness (QED) is 0.684. The van der Waals surface area contributed by atoms with Crippen LogP contribution in [0.3, 0.4) is 0 Å². The van der Waals surface area contributed by atoms with Crippen LogP contribution in [0, 0.1) is 5.92 Å². The molecule has 0 spiro atoms. The number of carbonyl (C=O) groups is 2. The SMILES string of the molecule is CC(C)CC(OC(=O)CCCc1ccccc1)C(=O)N1CCCC1. The van der Waals surface area contributed by atoms with Gasteiger partial charge < -0.3 is 9.64 Å². The molecule has 1 aromatic rings. The largest absolute Gasteiger partial charge is 0.452 e. The fraction of sp³-hybridized carbons (Fsp3) is 0.600. The third-order valence-corrected chi connectivity index (χ3v) is 4.34. The standard InChI is InChI=1S/C20H29NO3/c1-16(2)15-18(20(23)21-13-6-7-14-21)24-19(22)12-8-11-17-9-4-3-5-10-17/h3-5,9-10,16,18H,6-8,11-15H2,1-2H3. The van der Waals surface area contributed by atoms with Gasteiger partial charge >= 0.3 is 5.97 Å². The number of esters is 1. The lowest BCUT2D eigenvalue weighted by Gasteiger charge is -2.24. The zero-order valence-electron chi connectivity index (χ0n) is 14.9. The molecule has 0 bridgehead atoms. The molecule has 1 fully saturated rings. The number of amides is 1. The minimum absolute atomic E-state index is 0.0161. The molecule has 1 amide bonds. The predicted molar refractivity (Wildman–Crippen MR) is 94.5 cm³/mol. The second-order valence-electron chi connectivity index (χ2n) is 6.98. The van der Waals surface area contributed by atoms with Crippen molar-refractivity contribution in [1.29, 1.82) is 0 Å². The Balaban J connectivity index is 1.81. The Kier molecular flexibility index (Phi) is 7.29. The highest BCUT2D eigenvalue weighted by atomic mass is 16.5. The van der Waals surface area contributed by atoms with E-state index in [1.54, 1.807) is 0 Å². The van der Waals surface area contributed by atoms with Gasteiger partial charge in [0, 0.05) is 19.5 Å². The Morgan fingerprint density at radius 1 is 1.12 bits per heavy atom. The monoisotopic (exact) mass is 331 g/mol. The molecule has 0 aromatic heterocycles. The predicted octanol–water partition coefficient (Wildman–Crippen LogP) is 3.59. The van der Waals surface area contributed by atoms with Crippen LogP contribution < -0.4 is 0 Å². The van der Waals surface area contributed by atoms with Crippen molar-refractivity contribution in [3.05, 3.63) is 35.9 Å². The highest BCUT2D eigenvalue weighted by Crippen LogP contribution is 2.17. The molecular weight excluding hydrogens is 302 g/mol. The van der Waals surface area contributed by atoms with Gasteiger partial charge in [-0.3, -0.25) is 9.59 Å². The Morgan fingerprint density at radius 3 is 2.42 bits per heavy atom. The molecule has 132 valence electrons. The van der Waals surface area contributed by atoms with E-state index >= 15 is 0 Å². The van der Waals surface area contributed by atoms with E-state index in [9.17, 15) is 9.59 Å². The number of likely N-dealkylation sites (tertiary alicyclic amines) is 1. The van der Waals surface area contributed by atoms with Crippen molar-refractivity contribution >= 4 is 11.9 Å². The highest BCUT2D eigenvalue weighted by Gasteiger charge is 2.29. The van der Waals surface area contributed by atoms with Crippen LogP contribution in [0.25, 0.3) is 0 Å². The smallest absolute Gasteiger partial charge is 0.306 e. The van der Waals surface area contributed by atoms with Crippen molar-refractivity contribution in [1.82, 2.24) is 4.90 Å². The number of rotatable bonds is 8. The summed E-state index contributed by atoms with van der Waals surface area (Å²) in [7, 11) is 0. The van der Waals surface area contributed by atoms with Gasteiger partial charge in [-0.05, 0) is 43.6 Å². The molecule has 1 heterocycles. The van der Waals surface area contributed by atoms with Gasteiger partial charge in [-0.25, -0.2) is 0 Å². The molecule has 1 unspecified atom stereocenters. The lowest BCUT2D eigenvalue weighted by atomic mass is 10.0. The van der Waals surface area contributed by atoms with Crippen LogP contribution in [-0.4, -0.2) is 36.0 Å². The number of aryl methyl sites for hydroxylation is 1. The van der Waals surface area contributed by atoms with Crippen molar-refractivity contribution in [2.75, 3.05) is 13.1 Å². The highest BCUT2D eigenvalue weighted by molar-refractivity contribution is 5.84. The molecule has 0 radical (unpaired) electrons. The van der Waals surface area contributed by atoms with E-state index < -0.39 is 6.10 Å². The van der Waals surface area contributed by atoms with E-state index in [4.69, 9.17) is 4.74 Å². The summed E-state index contributed by atoms with van der Waals surface area (Å²) in [6, 6.07) is 10.1. The molecule has 1 atom stereocenters. The van der Waals surface area contributed by atoms with Crippen LogP contribution in [0.15, 0.2) is 30.3 Å². The van der Waals surface area contributed by atoms with Crippen LogP contribution >= 0.6 is 0 Å². The zero-order valence-corrected chi connectivity index (χ0v) is 14.9. The molecule has 24 heavy (non-hydrogen) atoms. The Hall–Kier alpha value is -1.84. The molecule has 0 aliphatic carbocycles. The maximum atomic E-state index is 12.6. The van der Waals surface area contributed by atoms with Crippen molar-refractivity contribution in [2.45, 2.75) is 58.5 Å². The number of hydrogen-bond acceptors (Lipinski definition) is 3. The first-order valence-electron chi connectivity index (χ1n) is 9.08. The van der Waals surface area contributed by atoms with Crippen LogP contribution in [0.4, 0.5) is 0 Å². The summed E-state index contributed by atoms with van der Waals surface area (Å²) in [5.74, 6) is 0.0420. The van der Waals surface area contributed by atoms with Gasteiger partial charge in [0.15, 0.2) is 6.10 Å². The lowest BCUT2D eigenvalue weighted by molar-refractivity contribution is -0.161. The summed E-state index contributed by atoms with van der Waals surface area (Å²) in [5.41, 5.74) is 1.22. The summed E-state index contributed by atoms with van der Waals surface area (Å²) in [6.45, 7) is 5.68. The number of carbonyl (C=O) groups excluding carboxylic acids is 2. The zero-order chi connectivity index (χ0) is 17.4. The van der Waals surface area contributed by atoms with Gasteiger partial charge in [-0.2, -0.15) is 0 Å². The van der Waals surface area contributed by atoms with Gasteiger partial charge in [0.05, 0.1) is 0 Å². The minimum Gasteiger partial charge on any atom is -0.452 e. The van der Waals surface area contributed by atoms with E-state index in [1.807, 2.05) is 36.9 Å². The fourth-order valence-corrected chi connectivity index (χ4v) is 3.07. The molecule has 0 N–H and O–H groups in total. The Bertz CT molecular complexity index is 521. The number of ether oxygens (including phenoxy) is 1. The summed E-state index contributed by atoms with van der Waals surface area (Å²) in [4.78, 5) is 26.5. The van der Waals surface area contributed by atoms with Gasteiger partial charge in [0.2, 0.25) is 0 Å². The van der Waals surface area contributed by atoms with Gasteiger partial charge in [-0.1, -0.05) is 44.2 Å². The van der Waals surface area contributed by atoms with Crippen LogP contribution in [0.5, 0.6) is 0 Å². The molecule has 4 heteroatoms. The number of hydrogen-bond donors (Lipinski definition) is 0. The first-order valence-corrected chi connectivity index (χ1v) is 9.08. The summed E-state index contributed by atoms with van der Waals surface area (Å²) < 4.78 is 5.54. The van der Waals surface area contributed by atoms with E-state index in [0.29, 0.717) is 18.8 Å². The molecule has 1 saturated heterocycles. The van der Waals surface area contributed by atoms with E-state index in [1.165, 1.54) is 5.56 Å². The Labute approximate surface area is 145 Å². The Morgan fingerprint density at radius 2 is 1.79 bits per heavy atom. The van der Waals surface area contributed by atoms with Crippen LogP contribution in [0.2, 0.25) is 0 Å². The van der Waals surface area contributed by atoms with Crippen LogP contribution in [0.1, 0.15) is 51.5 Å². The van der Waals surface area contributed by atoms with E-state index in [0.717, 1.165) is 38.8 Å². The fourth-order valence-electron chi connectivity index (χ4n) is 3.07. The molecule has 1 aliphatic heterocycles. The lowest BCUT2D eigenvalue weighted by Crippen LogP contribution is -2.40. The minimum atomic E-state index is -0.618. The van der Waals surface area contributed by atoms with Crippen molar-refractivity contribution in [3.8, 4) is 0 Å². The van der Waals surface area contributed by atoms with E-state index in [2.05, 4.69) is 12.1 Å². The van der Waals surface area contributed by atoms with Crippen molar-refractivity contribution in [2.24, 2.45) is 5.92 Å². The molecular formula is C20H29NO3. The summed E-state index contributed by atoms with van der Waals surface area (Å²) >= 11 is 0. The third-order valence-electron chi connectivity index (χ3n) is 4.34. The topological polar surface area (TPSA) is 46.6 Å². The second kappa shape index (κ2) is 9.45. The molecule has 4 nitrogen and oxygen atoms in total. The maximum absolute atomic E-state index is 12.6. The average Bonchev–Trinajstić information content (AvgIpc) is 3.08. The van der Waals surface area contributed by atoms with Gasteiger partial charge in [-0.15, -0.1) is 0 Å². The van der Waals surface area contributed by atoms with Crippen LogP contribution in [-0.2, 0) is 20.7 Å². The molecule has 0 saturated carbocycles. The van der Waals surface area contributed by atoms with Crippen molar-refractivity contribution in [3.63, 3.8) is 0 Å². The summed E-state index contributed by atoms with van der Waals surface area (Å²) in [5, 5.41) is 0. The van der Waals surface area contributed by atoms with E-state index in [-0.39, 0.29) is 11.9 Å². The summed E-state index contributed by atoms with van der Waals surface area (Å²) in [6.07, 6.45) is 4.03. The van der Waals surface area contributed by atoms with Gasteiger partial charge in [0.25, 0.3) is 5.91 Å². The second-order valence-corrected chi connectivity index (χ2v) is 6.98. The number of benzene rings is 1. The average molecular weight is 331 g/mol. The molecule has 1 aliphatic rings. The van der Waals surface area contributed by atoms with Crippen molar-refractivity contribution < 1.29 is 14.3 Å². The first-order chi connectivity index (χ1) is 11.6.